The van der Waals surface area contributed by atoms with E-state index in [2.05, 4.69) is 31.3 Å². The zero-order chi connectivity index (χ0) is 18.7. The van der Waals surface area contributed by atoms with Crippen LogP contribution in [0, 0.1) is 5.82 Å². The highest BCUT2D eigenvalue weighted by Gasteiger charge is 2.20. The molecular weight excluding hydrogens is 333 g/mol. The number of likely N-dealkylation sites (N-methyl/N-ethyl adjacent to an activating group) is 1. The van der Waals surface area contributed by atoms with Crippen LogP contribution in [0.1, 0.15) is 13.0 Å². The van der Waals surface area contributed by atoms with Gasteiger partial charge in [-0.25, -0.2) is 14.4 Å². The Morgan fingerprint density at radius 3 is 2.54 bits per heavy atom. The molecule has 1 atom stereocenters. The van der Waals surface area contributed by atoms with E-state index in [-0.39, 0.29) is 11.9 Å². The van der Waals surface area contributed by atoms with Crippen LogP contribution in [-0.2, 0) is 0 Å². The summed E-state index contributed by atoms with van der Waals surface area (Å²) in [5.74, 6) is -0.278. The predicted octanol–water partition coefficient (Wildman–Crippen LogP) is 3.28. The first-order chi connectivity index (χ1) is 12.5. The Morgan fingerprint density at radius 2 is 1.88 bits per heavy atom. The van der Waals surface area contributed by atoms with Crippen LogP contribution >= 0.6 is 0 Å². The molecule has 0 aliphatic heterocycles. The topological polar surface area (TPSA) is 56.1 Å². The van der Waals surface area contributed by atoms with Gasteiger partial charge in [-0.2, -0.15) is 4.98 Å². The summed E-state index contributed by atoms with van der Waals surface area (Å²) in [5, 5.41) is 0. The fraction of sp³-hybridized carbons (Fsp3) is 0.316. The summed E-state index contributed by atoms with van der Waals surface area (Å²) in [7, 11) is 5.59. The summed E-state index contributed by atoms with van der Waals surface area (Å²) < 4.78 is 20.6. The van der Waals surface area contributed by atoms with E-state index in [4.69, 9.17) is 4.74 Å². The van der Waals surface area contributed by atoms with E-state index >= 15 is 0 Å². The molecule has 2 aromatic heterocycles. The third-order valence-corrected chi connectivity index (χ3v) is 4.07. The van der Waals surface area contributed by atoms with Gasteiger partial charge in [-0.15, -0.1) is 0 Å². The largest absolute Gasteiger partial charge is 0.467 e. The lowest BCUT2D eigenvalue weighted by atomic mass is 10.1. The highest BCUT2D eigenvalue weighted by Crippen LogP contribution is 2.32. The average Bonchev–Trinajstić information content (AvgIpc) is 3.07. The van der Waals surface area contributed by atoms with Gasteiger partial charge in [0.05, 0.1) is 30.5 Å². The molecule has 1 aromatic carbocycles. The van der Waals surface area contributed by atoms with Gasteiger partial charge in [-0.1, -0.05) is 0 Å². The minimum atomic E-state index is -0.278. The molecule has 0 spiro atoms. The summed E-state index contributed by atoms with van der Waals surface area (Å²) in [6, 6.07) is 8.60. The molecule has 26 heavy (non-hydrogen) atoms. The Balaban J connectivity index is 2.16. The number of halogens is 1. The minimum Gasteiger partial charge on any atom is -0.467 e. The van der Waals surface area contributed by atoms with Crippen molar-refractivity contribution >= 4 is 0 Å². The van der Waals surface area contributed by atoms with Crippen LogP contribution in [0.2, 0.25) is 0 Å². The normalized spacial score (nSPS) is 12.4. The van der Waals surface area contributed by atoms with E-state index in [1.807, 2.05) is 20.2 Å². The van der Waals surface area contributed by atoms with E-state index in [0.29, 0.717) is 11.7 Å². The number of ether oxygens (including phenoxy) is 1. The lowest BCUT2D eigenvalue weighted by Gasteiger charge is -2.21. The number of hydrogen-bond acceptors (Lipinski definition) is 5. The summed E-state index contributed by atoms with van der Waals surface area (Å²) in [6.45, 7) is 2.96. The number of rotatable bonds is 6. The van der Waals surface area contributed by atoms with E-state index in [0.717, 1.165) is 23.5 Å². The molecule has 0 N–H and O–H groups in total. The van der Waals surface area contributed by atoms with Gasteiger partial charge in [0.1, 0.15) is 5.82 Å². The first kappa shape index (κ1) is 18.0. The van der Waals surface area contributed by atoms with E-state index < -0.39 is 0 Å². The van der Waals surface area contributed by atoms with Crippen molar-refractivity contribution < 1.29 is 9.13 Å². The monoisotopic (exact) mass is 355 g/mol. The van der Waals surface area contributed by atoms with Gasteiger partial charge in [-0.3, -0.25) is 0 Å². The molecule has 0 saturated heterocycles. The molecule has 1 unspecified atom stereocenters. The zero-order valence-electron chi connectivity index (χ0n) is 15.3. The van der Waals surface area contributed by atoms with Crippen LogP contribution in [0.5, 0.6) is 6.01 Å². The third-order valence-electron chi connectivity index (χ3n) is 4.07. The average molecular weight is 355 g/mol. The molecule has 0 saturated carbocycles. The van der Waals surface area contributed by atoms with Crippen molar-refractivity contribution in [2.24, 2.45) is 0 Å². The lowest BCUT2D eigenvalue weighted by Crippen LogP contribution is -2.22. The first-order valence-electron chi connectivity index (χ1n) is 8.34. The molecule has 136 valence electrons. The maximum atomic E-state index is 13.3. The van der Waals surface area contributed by atoms with Crippen molar-refractivity contribution in [1.29, 1.82) is 0 Å². The summed E-state index contributed by atoms with van der Waals surface area (Å²) in [6.07, 6.45) is 3.46. The maximum absolute atomic E-state index is 13.3. The van der Waals surface area contributed by atoms with Crippen molar-refractivity contribution in [3.63, 3.8) is 0 Å². The molecule has 6 nitrogen and oxygen atoms in total. The molecule has 7 heteroatoms. The number of benzene rings is 1. The fourth-order valence-corrected chi connectivity index (χ4v) is 2.96. The molecule has 0 bridgehead atoms. The smallest absolute Gasteiger partial charge is 0.316 e. The first-order valence-corrected chi connectivity index (χ1v) is 8.34. The second-order valence-electron chi connectivity index (χ2n) is 6.40. The van der Waals surface area contributed by atoms with Crippen LogP contribution < -0.4 is 4.74 Å². The molecule has 0 aliphatic rings. The fourth-order valence-electron chi connectivity index (χ4n) is 2.96. The molecule has 3 rings (SSSR count). The Morgan fingerprint density at radius 1 is 1.15 bits per heavy atom. The van der Waals surface area contributed by atoms with Crippen molar-refractivity contribution in [3.05, 3.63) is 48.7 Å². The van der Waals surface area contributed by atoms with Crippen molar-refractivity contribution in [2.75, 3.05) is 27.7 Å². The Labute approximate surface area is 152 Å². The molecule has 0 amide bonds. The second kappa shape index (κ2) is 7.61. The van der Waals surface area contributed by atoms with Crippen LogP contribution in [0.3, 0.4) is 0 Å². The van der Waals surface area contributed by atoms with Crippen LogP contribution in [0.4, 0.5) is 4.39 Å². The van der Waals surface area contributed by atoms with E-state index in [9.17, 15) is 4.39 Å². The Hall–Kier alpha value is -2.80. The molecular formula is C19H22FN5O. The second-order valence-corrected chi connectivity index (χ2v) is 6.40. The number of nitrogens with zero attached hydrogens (tertiary/aromatic N) is 5. The van der Waals surface area contributed by atoms with Gasteiger partial charge >= 0.3 is 6.01 Å². The standard InChI is InChI=1S/C19H22FN5O/c1-13(11-24(2)3)25-12-22-17(14-5-7-15(20)8-6-14)18(25)16-9-10-21-19(23-16)26-4/h5-10,12-13H,11H2,1-4H3. The van der Waals surface area contributed by atoms with Gasteiger partial charge in [0, 0.05) is 24.3 Å². The number of hydrogen-bond donors (Lipinski definition) is 0. The highest BCUT2D eigenvalue weighted by molar-refractivity contribution is 5.76. The van der Waals surface area contributed by atoms with Crippen molar-refractivity contribution in [3.8, 4) is 28.7 Å². The van der Waals surface area contributed by atoms with E-state index in [1.165, 1.54) is 19.2 Å². The van der Waals surface area contributed by atoms with Gasteiger partial charge in [0.2, 0.25) is 0 Å². The van der Waals surface area contributed by atoms with Crippen LogP contribution in [0.25, 0.3) is 22.6 Å². The predicted molar refractivity (Wildman–Crippen MR) is 98.5 cm³/mol. The molecule has 0 fully saturated rings. The summed E-state index contributed by atoms with van der Waals surface area (Å²) in [5.41, 5.74) is 3.14. The number of aromatic nitrogens is 4. The quantitative estimate of drug-likeness (QED) is 0.679. The zero-order valence-corrected chi connectivity index (χ0v) is 15.3. The highest BCUT2D eigenvalue weighted by atomic mass is 19.1. The van der Waals surface area contributed by atoms with Crippen LogP contribution in [0.15, 0.2) is 42.9 Å². The van der Waals surface area contributed by atoms with Crippen molar-refractivity contribution in [2.45, 2.75) is 13.0 Å². The summed E-state index contributed by atoms with van der Waals surface area (Å²) >= 11 is 0. The number of imidazole rings is 1. The Kier molecular flexibility index (Phi) is 5.27. The van der Waals surface area contributed by atoms with E-state index in [1.54, 1.807) is 24.7 Å². The number of methoxy groups -OCH3 is 1. The molecule has 0 aliphatic carbocycles. The third kappa shape index (κ3) is 3.72. The molecule has 0 radical (unpaired) electrons. The molecule has 2 heterocycles. The summed E-state index contributed by atoms with van der Waals surface area (Å²) in [4.78, 5) is 15.3. The maximum Gasteiger partial charge on any atom is 0.316 e. The van der Waals surface area contributed by atoms with Gasteiger partial charge in [0.15, 0.2) is 0 Å². The van der Waals surface area contributed by atoms with Crippen molar-refractivity contribution in [1.82, 2.24) is 24.4 Å². The SMILES string of the molecule is COc1nccc(-c2c(-c3ccc(F)cc3)ncn2C(C)CN(C)C)n1. The van der Waals surface area contributed by atoms with Gasteiger partial charge in [-0.05, 0) is 51.4 Å². The van der Waals surface area contributed by atoms with Gasteiger partial charge < -0.3 is 14.2 Å². The van der Waals surface area contributed by atoms with Gasteiger partial charge in [0.25, 0.3) is 0 Å². The lowest BCUT2D eigenvalue weighted by molar-refractivity contribution is 0.338. The minimum absolute atomic E-state index is 0.169. The Bertz CT molecular complexity index is 876. The van der Waals surface area contributed by atoms with Crippen LogP contribution in [-0.4, -0.2) is 52.2 Å². The molecule has 3 aromatic rings.